The number of hydrogen-bond acceptors (Lipinski definition) is 0. The summed E-state index contributed by atoms with van der Waals surface area (Å²) in [6.45, 7) is 17.4. The average Bonchev–Trinajstić information content (AvgIpc) is 2.23. The molecule has 0 heteroatoms. The SMILES string of the molecule is C=CCC(C=C)=C(CC=C)C(C)CC=C. The normalized spacial score (nSPS) is 13.7. The Hall–Kier alpha value is -1.30. The zero-order valence-electron chi connectivity index (χ0n) is 9.84. The molecular formula is C15H22. The number of allylic oxidation sites excluding steroid dienone is 6. The van der Waals surface area contributed by atoms with Gasteiger partial charge in [0.15, 0.2) is 0 Å². The molecule has 0 aromatic rings. The van der Waals surface area contributed by atoms with Crippen LogP contribution in [-0.4, -0.2) is 0 Å². The fourth-order valence-electron chi connectivity index (χ4n) is 1.70. The van der Waals surface area contributed by atoms with Crippen LogP contribution in [0.3, 0.4) is 0 Å². The van der Waals surface area contributed by atoms with Crippen LogP contribution >= 0.6 is 0 Å². The molecule has 0 fully saturated rings. The van der Waals surface area contributed by atoms with Crippen LogP contribution in [0.5, 0.6) is 0 Å². The average molecular weight is 202 g/mol. The molecule has 0 amide bonds. The molecular weight excluding hydrogens is 180 g/mol. The summed E-state index contributed by atoms with van der Waals surface area (Å²) in [5.74, 6) is 0.508. The quantitative estimate of drug-likeness (QED) is 0.390. The Morgan fingerprint density at radius 3 is 2.00 bits per heavy atom. The molecule has 1 unspecified atom stereocenters. The van der Waals surface area contributed by atoms with Gasteiger partial charge in [-0.2, -0.15) is 0 Å². The second-order valence-electron chi connectivity index (χ2n) is 3.67. The van der Waals surface area contributed by atoms with E-state index in [1.54, 1.807) is 0 Å². The van der Waals surface area contributed by atoms with Crippen molar-refractivity contribution in [2.75, 3.05) is 0 Å². The largest absolute Gasteiger partial charge is 0.103 e. The molecule has 0 spiro atoms. The Morgan fingerprint density at radius 1 is 1.00 bits per heavy atom. The van der Waals surface area contributed by atoms with Gasteiger partial charge >= 0.3 is 0 Å². The summed E-state index contributed by atoms with van der Waals surface area (Å²) in [6, 6.07) is 0. The van der Waals surface area contributed by atoms with Crippen molar-refractivity contribution in [1.29, 1.82) is 0 Å². The minimum atomic E-state index is 0.508. The van der Waals surface area contributed by atoms with Gasteiger partial charge in [0.05, 0.1) is 0 Å². The van der Waals surface area contributed by atoms with Crippen molar-refractivity contribution in [2.45, 2.75) is 26.2 Å². The predicted molar refractivity (Wildman–Crippen MR) is 70.8 cm³/mol. The molecule has 0 nitrogen and oxygen atoms in total. The summed E-state index contributed by atoms with van der Waals surface area (Å²) in [4.78, 5) is 0. The first-order valence-corrected chi connectivity index (χ1v) is 5.38. The maximum Gasteiger partial charge on any atom is -0.0101 e. The van der Waals surface area contributed by atoms with Crippen LogP contribution < -0.4 is 0 Å². The van der Waals surface area contributed by atoms with Gasteiger partial charge in [0, 0.05) is 0 Å². The highest BCUT2D eigenvalue weighted by atomic mass is 14.1. The fourth-order valence-corrected chi connectivity index (χ4v) is 1.70. The Kier molecular flexibility index (Phi) is 7.35. The third-order valence-electron chi connectivity index (χ3n) is 2.50. The number of rotatable bonds is 8. The van der Waals surface area contributed by atoms with Crippen LogP contribution in [0.15, 0.2) is 61.8 Å². The first kappa shape index (κ1) is 13.7. The van der Waals surface area contributed by atoms with E-state index in [1.807, 2.05) is 24.3 Å². The van der Waals surface area contributed by atoms with Gasteiger partial charge in [-0.1, -0.05) is 43.4 Å². The van der Waals surface area contributed by atoms with Crippen LogP contribution in [0.25, 0.3) is 0 Å². The first-order chi connectivity index (χ1) is 7.21. The van der Waals surface area contributed by atoms with Crippen molar-refractivity contribution in [3.05, 3.63) is 61.8 Å². The van der Waals surface area contributed by atoms with E-state index in [2.05, 4.69) is 33.2 Å². The maximum atomic E-state index is 3.86. The predicted octanol–water partition coefficient (Wildman–Crippen LogP) is 4.83. The van der Waals surface area contributed by atoms with Gasteiger partial charge in [-0.25, -0.2) is 0 Å². The van der Waals surface area contributed by atoms with Crippen LogP contribution in [0.2, 0.25) is 0 Å². The highest BCUT2D eigenvalue weighted by Gasteiger charge is 2.09. The van der Waals surface area contributed by atoms with Crippen LogP contribution in [0, 0.1) is 5.92 Å². The molecule has 15 heavy (non-hydrogen) atoms. The molecule has 1 atom stereocenters. The minimum Gasteiger partial charge on any atom is -0.103 e. The van der Waals surface area contributed by atoms with Crippen molar-refractivity contribution < 1.29 is 0 Å². The zero-order valence-corrected chi connectivity index (χ0v) is 9.84. The highest BCUT2D eigenvalue weighted by Crippen LogP contribution is 2.25. The van der Waals surface area contributed by atoms with E-state index in [4.69, 9.17) is 0 Å². The second kappa shape index (κ2) is 8.05. The van der Waals surface area contributed by atoms with Gasteiger partial charge in [0.25, 0.3) is 0 Å². The molecule has 0 saturated heterocycles. The highest BCUT2D eigenvalue weighted by molar-refractivity contribution is 5.29. The Morgan fingerprint density at radius 2 is 1.60 bits per heavy atom. The minimum absolute atomic E-state index is 0.508. The van der Waals surface area contributed by atoms with Crippen molar-refractivity contribution in [1.82, 2.24) is 0 Å². The first-order valence-electron chi connectivity index (χ1n) is 5.38. The summed E-state index contributed by atoms with van der Waals surface area (Å²) >= 11 is 0. The van der Waals surface area contributed by atoms with Gasteiger partial charge in [-0.15, -0.1) is 19.7 Å². The summed E-state index contributed by atoms with van der Waals surface area (Å²) in [5.41, 5.74) is 2.68. The van der Waals surface area contributed by atoms with E-state index in [9.17, 15) is 0 Å². The molecule has 0 rings (SSSR count). The third-order valence-corrected chi connectivity index (χ3v) is 2.50. The van der Waals surface area contributed by atoms with Gasteiger partial charge in [-0.3, -0.25) is 0 Å². The van der Waals surface area contributed by atoms with Crippen molar-refractivity contribution in [3.63, 3.8) is 0 Å². The molecule has 0 aliphatic carbocycles. The lowest BCUT2D eigenvalue weighted by atomic mass is 9.89. The third kappa shape index (κ3) is 4.64. The summed E-state index contributed by atoms with van der Waals surface area (Å²) < 4.78 is 0. The van der Waals surface area contributed by atoms with Gasteiger partial charge < -0.3 is 0 Å². The lowest BCUT2D eigenvalue weighted by molar-refractivity contribution is 0.671. The van der Waals surface area contributed by atoms with Crippen LogP contribution in [0.1, 0.15) is 26.2 Å². The zero-order chi connectivity index (χ0) is 11.7. The Balaban J connectivity index is 5.00. The van der Waals surface area contributed by atoms with Crippen LogP contribution in [0.4, 0.5) is 0 Å². The van der Waals surface area contributed by atoms with E-state index < -0.39 is 0 Å². The lowest BCUT2D eigenvalue weighted by Crippen LogP contribution is -2.01. The van der Waals surface area contributed by atoms with E-state index >= 15 is 0 Å². The van der Waals surface area contributed by atoms with Crippen molar-refractivity contribution in [3.8, 4) is 0 Å². The molecule has 0 aromatic heterocycles. The second-order valence-corrected chi connectivity index (χ2v) is 3.67. The van der Waals surface area contributed by atoms with E-state index in [0.717, 1.165) is 19.3 Å². The van der Waals surface area contributed by atoms with Crippen molar-refractivity contribution in [2.24, 2.45) is 5.92 Å². The molecule has 0 saturated carbocycles. The van der Waals surface area contributed by atoms with E-state index in [0.29, 0.717) is 5.92 Å². The molecule has 0 aliphatic heterocycles. The topological polar surface area (TPSA) is 0 Å². The summed E-state index contributed by atoms with van der Waals surface area (Å²) in [7, 11) is 0. The maximum absolute atomic E-state index is 3.86. The van der Waals surface area contributed by atoms with E-state index in [-0.39, 0.29) is 0 Å². The molecule has 82 valence electrons. The van der Waals surface area contributed by atoms with Gasteiger partial charge in [0.1, 0.15) is 0 Å². The molecule has 0 aromatic carbocycles. The molecule has 0 N–H and O–H groups in total. The number of hydrogen-bond donors (Lipinski definition) is 0. The molecule has 0 aliphatic rings. The molecule has 0 bridgehead atoms. The monoisotopic (exact) mass is 202 g/mol. The van der Waals surface area contributed by atoms with Crippen molar-refractivity contribution >= 4 is 0 Å². The fraction of sp³-hybridized carbons (Fsp3) is 0.333. The standard InChI is InChI=1S/C15H22/c1-6-10-13(5)15(12-8-3)14(9-4)11-7-2/h6-9,13H,1-4,10-12H2,5H3. The van der Waals surface area contributed by atoms with Gasteiger partial charge in [-0.05, 0) is 30.8 Å². The molecule has 0 radical (unpaired) electrons. The summed E-state index contributed by atoms with van der Waals surface area (Å²) in [6.07, 6.45) is 10.6. The van der Waals surface area contributed by atoms with E-state index in [1.165, 1.54) is 11.1 Å². The molecule has 0 heterocycles. The lowest BCUT2D eigenvalue weighted by Gasteiger charge is -2.16. The van der Waals surface area contributed by atoms with Crippen LogP contribution in [-0.2, 0) is 0 Å². The van der Waals surface area contributed by atoms with Gasteiger partial charge in [0.2, 0.25) is 0 Å². The summed E-state index contributed by atoms with van der Waals surface area (Å²) in [5, 5.41) is 0. The smallest absolute Gasteiger partial charge is 0.0101 e. The Bertz CT molecular complexity index is 266. The Labute approximate surface area is 94.4 Å².